The van der Waals surface area contributed by atoms with E-state index in [0.29, 0.717) is 26.1 Å². The Balaban J connectivity index is 1.51. The zero-order chi connectivity index (χ0) is 20.4. The van der Waals surface area contributed by atoms with Crippen LogP contribution in [0.15, 0.2) is 48.5 Å². The van der Waals surface area contributed by atoms with Crippen molar-refractivity contribution in [2.45, 2.75) is 19.4 Å². The molecule has 0 aliphatic carbocycles. The molecule has 1 unspecified atom stereocenters. The maximum absolute atomic E-state index is 13.5. The Labute approximate surface area is 171 Å². The van der Waals surface area contributed by atoms with Crippen LogP contribution in [0.5, 0.6) is 5.75 Å². The lowest BCUT2D eigenvalue weighted by molar-refractivity contribution is -0.147. The van der Waals surface area contributed by atoms with Gasteiger partial charge in [-0.1, -0.05) is 30.3 Å². The minimum atomic E-state index is -0.513. The molecule has 4 rings (SSSR count). The number of likely N-dealkylation sites (N-methyl/N-ethyl adjacent to an activating group) is 1. The van der Waals surface area contributed by atoms with Gasteiger partial charge >= 0.3 is 0 Å². The van der Waals surface area contributed by atoms with E-state index in [1.165, 1.54) is 0 Å². The fraction of sp³-hybridized carbons (Fsp3) is 0.391. The second-order valence-electron chi connectivity index (χ2n) is 7.47. The first-order valence-electron chi connectivity index (χ1n) is 10.2. The summed E-state index contributed by atoms with van der Waals surface area (Å²) in [5.41, 5.74) is 3.04. The highest BCUT2D eigenvalue weighted by molar-refractivity contribution is 5.92. The molecule has 1 atom stereocenters. The summed E-state index contributed by atoms with van der Waals surface area (Å²) in [5.74, 6) is 0.883. The van der Waals surface area contributed by atoms with E-state index < -0.39 is 6.04 Å². The first kappa shape index (κ1) is 19.3. The number of ether oxygens (including phenoxy) is 1. The molecule has 2 amide bonds. The number of methoxy groups -OCH3 is 1. The lowest BCUT2D eigenvalue weighted by Gasteiger charge is -2.41. The van der Waals surface area contributed by atoms with Crippen molar-refractivity contribution in [3.05, 3.63) is 59.7 Å². The number of hydrogen-bond donors (Lipinski definition) is 0. The first-order valence-corrected chi connectivity index (χ1v) is 10.2. The molecule has 2 aromatic carbocycles. The predicted molar refractivity (Wildman–Crippen MR) is 112 cm³/mol. The van der Waals surface area contributed by atoms with Crippen molar-refractivity contribution < 1.29 is 14.3 Å². The second-order valence-corrected chi connectivity index (χ2v) is 7.47. The Hall–Kier alpha value is -3.02. The smallest absolute Gasteiger partial charge is 0.250 e. The number of carbonyl (C=O) groups is 2. The number of fused-ring (bicyclic) bond motifs is 1. The van der Waals surface area contributed by atoms with E-state index in [4.69, 9.17) is 4.74 Å². The Morgan fingerprint density at radius 3 is 2.55 bits per heavy atom. The van der Waals surface area contributed by atoms with E-state index in [1.807, 2.05) is 54.3 Å². The molecule has 2 aliphatic rings. The van der Waals surface area contributed by atoms with Crippen LogP contribution in [-0.2, 0) is 16.0 Å². The number of anilines is 1. The van der Waals surface area contributed by atoms with Crippen LogP contribution < -0.4 is 9.64 Å². The van der Waals surface area contributed by atoms with Gasteiger partial charge < -0.3 is 19.4 Å². The number of rotatable bonds is 4. The normalized spacial score (nSPS) is 19.2. The van der Waals surface area contributed by atoms with Crippen LogP contribution in [0.2, 0.25) is 0 Å². The predicted octanol–water partition coefficient (Wildman–Crippen LogP) is 2.49. The summed E-state index contributed by atoms with van der Waals surface area (Å²) < 4.78 is 5.32. The number of piperazine rings is 1. The van der Waals surface area contributed by atoms with Crippen molar-refractivity contribution >= 4 is 17.5 Å². The molecule has 0 N–H and O–H groups in total. The molecule has 2 aromatic rings. The maximum Gasteiger partial charge on any atom is 0.250 e. The van der Waals surface area contributed by atoms with E-state index in [1.54, 1.807) is 12.0 Å². The van der Waals surface area contributed by atoms with Crippen LogP contribution in [0.4, 0.5) is 5.69 Å². The molecule has 0 spiro atoms. The summed E-state index contributed by atoms with van der Waals surface area (Å²) in [4.78, 5) is 32.0. The molecule has 2 heterocycles. The Bertz CT molecular complexity index is 906. The number of benzene rings is 2. The molecule has 1 saturated heterocycles. The van der Waals surface area contributed by atoms with Crippen LogP contribution >= 0.6 is 0 Å². The van der Waals surface area contributed by atoms with Gasteiger partial charge in [-0.3, -0.25) is 9.59 Å². The number of amides is 2. The van der Waals surface area contributed by atoms with Gasteiger partial charge in [0.15, 0.2) is 0 Å². The van der Waals surface area contributed by atoms with E-state index >= 15 is 0 Å². The highest BCUT2D eigenvalue weighted by Gasteiger charge is 2.39. The molecule has 0 radical (unpaired) electrons. The fourth-order valence-electron chi connectivity index (χ4n) is 4.33. The van der Waals surface area contributed by atoms with Gasteiger partial charge in [-0.15, -0.1) is 0 Å². The summed E-state index contributed by atoms with van der Waals surface area (Å²) >= 11 is 0. The van der Waals surface area contributed by atoms with Gasteiger partial charge in [0, 0.05) is 44.5 Å². The van der Waals surface area contributed by atoms with Crippen LogP contribution in [0.3, 0.4) is 0 Å². The van der Waals surface area contributed by atoms with Crippen molar-refractivity contribution in [3.8, 4) is 5.75 Å². The van der Waals surface area contributed by atoms with Crippen molar-refractivity contribution in [1.82, 2.24) is 9.80 Å². The summed E-state index contributed by atoms with van der Waals surface area (Å²) in [6.45, 7) is 5.27. The third-order valence-corrected chi connectivity index (χ3v) is 5.91. The third-order valence-electron chi connectivity index (χ3n) is 5.91. The molecule has 152 valence electrons. The highest BCUT2D eigenvalue weighted by Crippen LogP contribution is 2.32. The van der Waals surface area contributed by atoms with Crippen LogP contribution in [-0.4, -0.2) is 61.4 Å². The molecular formula is C23H27N3O3. The molecule has 1 fully saturated rings. The minimum absolute atomic E-state index is 0.0256. The van der Waals surface area contributed by atoms with Gasteiger partial charge in [0.05, 0.1) is 13.5 Å². The zero-order valence-corrected chi connectivity index (χ0v) is 17.0. The van der Waals surface area contributed by atoms with Crippen LogP contribution in [0.1, 0.15) is 24.1 Å². The maximum atomic E-state index is 13.5. The van der Waals surface area contributed by atoms with E-state index in [9.17, 15) is 9.59 Å². The van der Waals surface area contributed by atoms with Crippen molar-refractivity contribution in [1.29, 1.82) is 0 Å². The topological polar surface area (TPSA) is 53.1 Å². The van der Waals surface area contributed by atoms with Crippen LogP contribution in [0.25, 0.3) is 0 Å². The van der Waals surface area contributed by atoms with Gasteiger partial charge in [-0.05, 0) is 30.2 Å². The van der Waals surface area contributed by atoms with Gasteiger partial charge in [0.2, 0.25) is 11.8 Å². The van der Waals surface area contributed by atoms with Gasteiger partial charge in [-0.25, -0.2) is 0 Å². The molecule has 6 heteroatoms. The summed E-state index contributed by atoms with van der Waals surface area (Å²) in [6.07, 6.45) is 0.372. The molecule has 0 aromatic heterocycles. The Morgan fingerprint density at radius 2 is 1.83 bits per heavy atom. The van der Waals surface area contributed by atoms with Crippen molar-refractivity contribution in [2.75, 3.05) is 44.7 Å². The Kier molecular flexibility index (Phi) is 5.43. The van der Waals surface area contributed by atoms with Crippen molar-refractivity contribution in [3.63, 3.8) is 0 Å². The summed E-state index contributed by atoms with van der Waals surface area (Å²) in [5, 5.41) is 0. The highest BCUT2D eigenvalue weighted by atomic mass is 16.5. The van der Waals surface area contributed by atoms with E-state index in [-0.39, 0.29) is 11.8 Å². The van der Waals surface area contributed by atoms with Gasteiger partial charge in [0.1, 0.15) is 11.8 Å². The lowest BCUT2D eigenvalue weighted by atomic mass is 9.91. The molecule has 6 nitrogen and oxygen atoms in total. The lowest BCUT2D eigenvalue weighted by Crippen LogP contribution is -2.54. The molecular weight excluding hydrogens is 366 g/mol. The largest absolute Gasteiger partial charge is 0.497 e. The first-order chi connectivity index (χ1) is 14.1. The van der Waals surface area contributed by atoms with Gasteiger partial charge in [-0.2, -0.15) is 0 Å². The minimum Gasteiger partial charge on any atom is -0.497 e. The number of carbonyl (C=O) groups excluding carboxylic acids is 2. The average molecular weight is 393 g/mol. The van der Waals surface area contributed by atoms with E-state index in [2.05, 4.69) is 11.0 Å². The number of nitrogens with zero attached hydrogens (tertiary/aromatic N) is 3. The third kappa shape index (κ3) is 3.67. The molecule has 2 aliphatic heterocycles. The van der Waals surface area contributed by atoms with Crippen LogP contribution in [0, 0.1) is 0 Å². The number of hydrogen-bond acceptors (Lipinski definition) is 4. The Morgan fingerprint density at radius 1 is 1.07 bits per heavy atom. The van der Waals surface area contributed by atoms with Gasteiger partial charge in [0.25, 0.3) is 0 Å². The fourth-order valence-corrected chi connectivity index (χ4v) is 4.33. The average Bonchev–Trinajstić information content (AvgIpc) is 2.77. The molecule has 0 saturated carbocycles. The summed E-state index contributed by atoms with van der Waals surface area (Å²) in [6, 6.07) is 15.3. The van der Waals surface area contributed by atoms with E-state index in [0.717, 1.165) is 35.7 Å². The summed E-state index contributed by atoms with van der Waals surface area (Å²) in [7, 11) is 1.67. The van der Waals surface area contributed by atoms with Crippen molar-refractivity contribution in [2.24, 2.45) is 0 Å². The monoisotopic (exact) mass is 393 g/mol. The standard InChI is InChI=1S/C23H27N3O3/c1-3-26-21(27)15-17-7-4-5-10-20(17)22(26)23(28)25-13-11-24(12-14-25)18-8-6-9-19(16-18)29-2/h4-10,16,22H,3,11-15H2,1-2H3. The molecule has 0 bridgehead atoms. The zero-order valence-electron chi connectivity index (χ0n) is 17.0. The molecule has 29 heavy (non-hydrogen) atoms. The second kappa shape index (κ2) is 8.15. The SMILES string of the molecule is CCN1C(=O)Cc2ccccc2C1C(=O)N1CCN(c2cccc(OC)c2)CC1. The quantitative estimate of drug-likeness (QED) is 0.801.